The quantitative estimate of drug-likeness (QED) is 0.605. The summed E-state index contributed by atoms with van der Waals surface area (Å²) in [5.74, 6) is 0.350. The van der Waals surface area contributed by atoms with E-state index >= 15 is 0 Å². The molecule has 1 aromatic heterocycles. The largest absolute Gasteiger partial charge is 0.388 e. The Balaban J connectivity index is 2.17. The molecule has 8 nitrogen and oxygen atoms in total. The number of rotatable bonds is 6. The first-order valence-corrected chi connectivity index (χ1v) is 7.21. The SMILES string of the molecule is CCCc1nn(C)c(NCC2(O)CCOCC2)c1[N+](=O)[O-]. The molecule has 21 heavy (non-hydrogen) atoms. The lowest BCUT2D eigenvalue weighted by atomic mass is 9.94. The highest BCUT2D eigenvalue weighted by atomic mass is 16.6. The minimum atomic E-state index is -0.888. The fourth-order valence-electron chi connectivity index (χ4n) is 2.54. The molecule has 2 heterocycles. The van der Waals surface area contributed by atoms with Gasteiger partial charge in [-0.15, -0.1) is 0 Å². The van der Waals surface area contributed by atoms with E-state index in [1.54, 1.807) is 7.05 Å². The van der Waals surface area contributed by atoms with Gasteiger partial charge in [0.1, 0.15) is 5.69 Å². The predicted molar refractivity (Wildman–Crippen MR) is 77.3 cm³/mol. The van der Waals surface area contributed by atoms with Crippen LogP contribution in [-0.2, 0) is 18.2 Å². The predicted octanol–water partition coefficient (Wildman–Crippen LogP) is 1.23. The van der Waals surface area contributed by atoms with Crippen LogP contribution in [0.15, 0.2) is 0 Å². The molecule has 0 unspecified atom stereocenters. The molecule has 2 N–H and O–H groups in total. The lowest BCUT2D eigenvalue weighted by molar-refractivity contribution is -0.384. The van der Waals surface area contributed by atoms with E-state index in [4.69, 9.17) is 4.74 Å². The average molecular weight is 298 g/mol. The molecule has 0 saturated carbocycles. The van der Waals surface area contributed by atoms with E-state index in [0.717, 1.165) is 6.42 Å². The molecule has 2 rings (SSSR count). The number of nitrogens with one attached hydrogen (secondary N) is 1. The Morgan fingerprint density at radius 2 is 2.19 bits per heavy atom. The Labute approximate surface area is 123 Å². The number of hydrogen-bond acceptors (Lipinski definition) is 6. The molecular formula is C13H22N4O4. The van der Waals surface area contributed by atoms with Gasteiger partial charge in [-0.3, -0.25) is 10.1 Å². The minimum absolute atomic E-state index is 0.00927. The Hall–Kier alpha value is -1.67. The molecule has 0 aliphatic carbocycles. The van der Waals surface area contributed by atoms with Gasteiger partial charge in [0.15, 0.2) is 0 Å². The topological polar surface area (TPSA) is 102 Å². The van der Waals surface area contributed by atoms with Gasteiger partial charge in [-0.2, -0.15) is 5.10 Å². The number of nitro groups is 1. The van der Waals surface area contributed by atoms with Crippen molar-refractivity contribution in [3.05, 3.63) is 15.8 Å². The number of aromatic nitrogens is 2. The van der Waals surface area contributed by atoms with Crippen LogP contribution >= 0.6 is 0 Å². The normalized spacial score (nSPS) is 17.7. The maximum Gasteiger partial charge on any atom is 0.333 e. The molecule has 0 spiro atoms. The Morgan fingerprint density at radius 3 is 2.76 bits per heavy atom. The summed E-state index contributed by atoms with van der Waals surface area (Å²) in [6.45, 7) is 3.22. The average Bonchev–Trinajstić information content (AvgIpc) is 2.74. The van der Waals surface area contributed by atoms with Gasteiger partial charge in [0.05, 0.1) is 10.5 Å². The van der Waals surface area contributed by atoms with E-state index < -0.39 is 10.5 Å². The molecule has 0 aromatic carbocycles. The number of anilines is 1. The van der Waals surface area contributed by atoms with E-state index in [0.29, 0.717) is 44.0 Å². The Kier molecular flexibility index (Phi) is 4.79. The van der Waals surface area contributed by atoms with Crippen LogP contribution in [0.1, 0.15) is 31.9 Å². The molecule has 1 saturated heterocycles. The van der Waals surface area contributed by atoms with Crippen molar-refractivity contribution in [3.8, 4) is 0 Å². The lowest BCUT2D eigenvalue weighted by Crippen LogP contribution is -2.42. The van der Waals surface area contributed by atoms with Crippen LogP contribution in [0, 0.1) is 10.1 Å². The second-order valence-electron chi connectivity index (χ2n) is 5.46. The third-order valence-electron chi connectivity index (χ3n) is 3.77. The second kappa shape index (κ2) is 6.40. The van der Waals surface area contributed by atoms with E-state index in [2.05, 4.69) is 10.4 Å². The van der Waals surface area contributed by atoms with Gasteiger partial charge >= 0.3 is 5.69 Å². The van der Waals surface area contributed by atoms with Crippen molar-refractivity contribution in [2.45, 2.75) is 38.2 Å². The van der Waals surface area contributed by atoms with Gasteiger partial charge in [-0.1, -0.05) is 13.3 Å². The van der Waals surface area contributed by atoms with E-state index in [1.165, 1.54) is 4.68 Å². The molecular weight excluding hydrogens is 276 g/mol. The highest BCUT2D eigenvalue weighted by Crippen LogP contribution is 2.30. The molecule has 1 aliphatic heterocycles. The van der Waals surface area contributed by atoms with Crippen molar-refractivity contribution in [1.29, 1.82) is 0 Å². The van der Waals surface area contributed by atoms with E-state index in [1.807, 2.05) is 6.92 Å². The van der Waals surface area contributed by atoms with Crippen molar-refractivity contribution in [2.24, 2.45) is 7.05 Å². The van der Waals surface area contributed by atoms with Crippen molar-refractivity contribution in [3.63, 3.8) is 0 Å². The zero-order valence-corrected chi connectivity index (χ0v) is 12.5. The Morgan fingerprint density at radius 1 is 1.52 bits per heavy atom. The molecule has 0 radical (unpaired) electrons. The molecule has 0 amide bonds. The molecule has 1 fully saturated rings. The Bertz CT molecular complexity index is 509. The van der Waals surface area contributed by atoms with Gasteiger partial charge in [0.2, 0.25) is 5.82 Å². The molecule has 1 aromatic rings. The highest BCUT2D eigenvalue weighted by Gasteiger charge is 2.32. The zero-order chi connectivity index (χ0) is 15.5. The summed E-state index contributed by atoms with van der Waals surface area (Å²) in [6, 6.07) is 0. The van der Waals surface area contributed by atoms with Crippen LogP contribution in [-0.4, -0.2) is 45.2 Å². The van der Waals surface area contributed by atoms with Crippen LogP contribution in [0.25, 0.3) is 0 Å². The molecule has 118 valence electrons. The highest BCUT2D eigenvalue weighted by molar-refractivity contribution is 5.60. The van der Waals surface area contributed by atoms with Crippen molar-refractivity contribution >= 4 is 11.5 Å². The first-order chi connectivity index (χ1) is 9.97. The fraction of sp³-hybridized carbons (Fsp3) is 0.769. The first kappa shape index (κ1) is 15.7. The summed E-state index contributed by atoms with van der Waals surface area (Å²) < 4.78 is 6.70. The number of aryl methyl sites for hydroxylation is 2. The van der Waals surface area contributed by atoms with Crippen LogP contribution in [0.2, 0.25) is 0 Å². The van der Waals surface area contributed by atoms with E-state index in [-0.39, 0.29) is 12.2 Å². The summed E-state index contributed by atoms with van der Waals surface area (Å²) >= 11 is 0. The smallest absolute Gasteiger partial charge is 0.333 e. The maximum atomic E-state index is 11.3. The van der Waals surface area contributed by atoms with Crippen molar-refractivity contribution < 1.29 is 14.8 Å². The molecule has 0 atom stereocenters. The summed E-state index contributed by atoms with van der Waals surface area (Å²) in [7, 11) is 1.67. The number of aliphatic hydroxyl groups is 1. The van der Waals surface area contributed by atoms with Gasteiger partial charge in [-0.25, -0.2) is 4.68 Å². The monoisotopic (exact) mass is 298 g/mol. The summed E-state index contributed by atoms with van der Waals surface area (Å²) in [4.78, 5) is 10.9. The third kappa shape index (κ3) is 3.51. The summed E-state index contributed by atoms with van der Waals surface area (Å²) in [6.07, 6.45) is 2.39. The van der Waals surface area contributed by atoms with Crippen molar-refractivity contribution in [1.82, 2.24) is 9.78 Å². The van der Waals surface area contributed by atoms with Gasteiger partial charge < -0.3 is 15.2 Å². The number of ether oxygens (including phenoxy) is 1. The second-order valence-corrected chi connectivity index (χ2v) is 5.46. The van der Waals surface area contributed by atoms with E-state index in [9.17, 15) is 15.2 Å². The van der Waals surface area contributed by atoms with Crippen molar-refractivity contribution in [2.75, 3.05) is 25.1 Å². The standard InChI is InChI=1S/C13H22N4O4/c1-3-4-10-11(17(19)20)12(16(2)15-10)14-9-13(18)5-7-21-8-6-13/h14,18H,3-9H2,1-2H3. The zero-order valence-electron chi connectivity index (χ0n) is 12.5. The summed E-state index contributed by atoms with van der Waals surface area (Å²) in [5, 5.41) is 28.9. The molecule has 0 bridgehead atoms. The summed E-state index contributed by atoms with van der Waals surface area (Å²) in [5.41, 5.74) is -0.400. The van der Waals surface area contributed by atoms with Crippen LogP contribution in [0.3, 0.4) is 0 Å². The number of hydrogen-bond donors (Lipinski definition) is 2. The van der Waals surface area contributed by atoms with Gasteiger partial charge in [0, 0.05) is 39.6 Å². The molecule has 8 heteroatoms. The third-order valence-corrected chi connectivity index (χ3v) is 3.77. The molecule has 1 aliphatic rings. The lowest BCUT2D eigenvalue weighted by Gasteiger charge is -2.32. The fourth-order valence-corrected chi connectivity index (χ4v) is 2.54. The van der Waals surface area contributed by atoms with Gasteiger partial charge in [-0.05, 0) is 6.42 Å². The van der Waals surface area contributed by atoms with Crippen LogP contribution in [0.4, 0.5) is 11.5 Å². The maximum absolute atomic E-state index is 11.3. The van der Waals surface area contributed by atoms with Crippen LogP contribution in [0.5, 0.6) is 0 Å². The number of nitrogens with zero attached hydrogens (tertiary/aromatic N) is 3. The van der Waals surface area contributed by atoms with Crippen LogP contribution < -0.4 is 5.32 Å². The van der Waals surface area contributed by atoms with Gasteiger partial charge in [0.25, 0.3) is 0 Å². The first-order valence-electron chi connectivity index (χ1n) is 7.21. The minimum Gasteiger partial charge on any atom is -0.388 e.